The van der Waals surface area contributed by atoms with Gasteiger partial charge >= 0.3 is 0 Å². The second-order valence-corrected chi connectivity index (χ2v) is 5.76. The summed E-state index contributed by atoms with van der Waals surface area (Å²) in [7, 11) is -1.63. The van der Waals surface area contributed by atoms with Gasteiger partial charge in [0.1, 0.15) is 0 Å². The van der Waals surface area contributed by atoms with Crippen LogP contribution in [0.4, 0.5) is 0 Å². The van der Waals surface area contributed by atoms with Crippen LogP contribution in [0.3, 0.4) is 0 Å². The summed E-state index contributed by atoms with van der Waals surface area (Å²) in [6, 6.07) is 0. The van der Waals surface area contributed by atoms with Gasteiger partial charge in [0.25, 0.3) is 0 Å². The summed E-state index contributed by atoms with van der Waals surface area (Å²) in [5.41, 5.74) is 0. The average molecular weight is 146 g/mol. The SMILES string of the molecule is C=S1(=O)CCCC(C)C1. The summed E-state index contributed by atoms with van der Waals surface area (Å²) in [6.07, 6.45) is 2.36. The molecule has 54 valence electrons. The van der Waals surface area contributed by atoms with E-state index in [1.54, 1.807) is 0 Å². The molecule has 0 aromatic heterocycles. The molecule has 9 heavy (non-hydrogen) atoms. The Morgan fingerprint density at radius 1 is 1.67 bits per heavy atom. The Morgan fingerprint density at radius 2 is 2.33 bits per heavy atom. The minimum atomic E-state index is -1.63. The highest BCUT2D eigenvalue weighted by Gasteiger charge is 2.15. The summed E-state index contributed by atoms with van der Waals surface area (Å²) in [5.74, 6) is 6.06. The second-order valence-electron chi connectivity index (χ2n) is 3.08. The molecule has 1 rings (SSSR count). The first-order chi connectivity index (χ1) is 4.10. The third-order valence-corrected chi connectivity index (χ3v) is 4.01. The molecule has 2 heteroatoms. The molecule has 0 aromatic rings. The predicted octanol–water partition coefficient (Wildman–Crippen LogP) is 1.13. The molecule has 0 aliphatic carbocycles. The van der Waals surface area contributed by atoms with Crippen LogP contribution < -0.4 is 0 Å². The van der Waals surface area contributed by atoms with Gasteiger partial charge in [-0.15, -0.1) is 0 Å². The van der Waals surface area contributed by atoms with Crippen LogP contribution in [0.25, 0.3) is 0 Å². The Labute approximate surface area is 57.5 Å². The fourth-order valence-electron chi connectivity index (χ4n) is 1.38. The number of rotatable bonds is 0. The lowest BCUT2D eigenvalue weighted by molar-refractivity contribution is 0.551. The molecule has 0 radical (unpaired) electrons. The van der Waals surface area contributed by atoms with Crippen LogP contribution in [-0.4, -0.2) is 21.6 Å². The molecule has 0 saturated carbocycles. The van der Waals surface area contributed by atoms with E-state index in [0.29, 0.717) is 5.92 Å². The van der Waals surface area contributed by atoms with Crippen LogP contribution in [0.2, 0.25) is 0 Å². The van der Waals surface area contributed by atoms with Gasteiger partial charge in [-0.3, -0.25) is 4.21 Å². The third-order valence-electron chi connectivity index (χ3n) is 1.80. The number of hydrogen-bond acceptors (Lipinski definition) is 1. The normalized spacial score (nSPS) is 44.8. The van der Waals surface area contributed by atoms with Crippen LogP contribution in [0.1, 0.15) is 19.8 Å². The van der Waals surface area contributed by atoms with Gasteiger partial charge in [-0.25, -0.2) is 0 Å². The van der Waals surface area contributed by atoms with Gasteiger partial charge in [0.2, 0.25) is 0 Å². The Kier molecular flexibility index (Phi) is 1.85. The fraction of sp³-hybridized carbons (Fsp3) is 0.857. The van der Waals surface area contributed by atoms with Gasteiger partial charge < -0.3 is 0 Å². The van der Waals surface area contributed by atoms with Crippen LogP contribution in [0, 0.1) is 5.92 Å². The zero-order valence-corrected chi connectivity index (χ0v) is 6.75. The van der Waals surface area contributed by atoms with Crippen LogP contribution in [0.15, 0.2) is 0 Å². The van der Waals surface area contributed by atoms with Gasteiger partial charge in [-0.1, -0.05) is 6.92 Å². The Balaban J connectivity index is 2.62. The van der Waals surface area contributed by atoms with Gasteiger partial charge in [-0.2, -0.15) is 0 Å². The molecule has 0 amide bonds. The summed E-state index contributed by atoms with van der Waals surface area (Å²) < 4.78 is 11.3. The van der Waals surface area contributed by atoms with E-state index in [1.807, 2.05) is 0 Å². The molecule has 1 fully saturated rings. The first-order valence-electron chi connectivity index (χ1n) is 3.43. The van der Waals surface area contributed by atoms with E-state index in [1.165, 1.54) is 6.42 Å². The quantitative estimate of drug-likeness (QED) is 0.468. The van der Waals surface area contributed by atoms with Gasteiger partial charge in [0.05, 0.1) is 0 Å². The molecular weight excluding hydrogens is 132 g/mol. The van der Waals surface area contributed by atoms with E-state index in [2.05, 4.69) is 12.8 Å². The van der Waals surface area contributed by atoms with Crippen molar-refractivity contribution in [3.05, 3.63) is 0 Å². The molecule has 2 unspecified atom stereocenters. The Morgan fingerprint density at radius 3 is 2.67 bits per heavy atom. The van der Waals surface area contributed by atoms with E-state index < -0.39 is 9.52 Å². The molecular formula is C7H14OS. The smallest absolute Gasteiger partial charge is 0.0184 e. The first-order valence-corrected chi connectivity index (χ1v) is 5.49. The molecule has 1 heterocycles. The van der Waals surface area contributed by atoms with Crippen LogP contribution in [-0.2, 0) is 9.52 Å². The first kappa shape index (κ1) is 7.13. The Hall–Kier alpha value is 0.0200. The summed E-state index contributed by atoms with van der Waals surface area (Å²) >= 11 is 0. The van der Waals surface area contributed by atoms with Crippen molar-refractivity contribution < 1.29 is 4.21 Å². The maximum Gasteiger partial charge on any atom is 0.0184 e. The van der Waals surface area contributed by atoms with Gasteiger partial charge in [0, 0.05) is 11.5 Å². The lowest BCUT2D eigenvalue weighted by Crippen LogP contribution is -2.22. The predicted molar refractivity (Wildman–Crippen MR) is 43.4 cm³/mol. The lowest BCUT2D eigenvalue weighted by atomic mass is 10.1. The van der Waals surface area contributed by atoms with Crippen LogP contribution in [0.5, 0.6) is 0 Å². The van der Waals surface area contributed by atoms with Crippen molar-refractivity contribution in [3.8, 4) is 0 Å². The van der Waals surface area contributed by atoms with E-state index in [0.717, 1.165) is 17.9 Å². The monoisotopic (exact) mass is 146 g/mol. The molecule has 0 bridgehead atoms. The lowest BCUT2D eigenvalue weighted by Gasteiger charge is -2.20. The van der Waals surface area contributed by atoms with Gasteiger partial charge in [-0.05, 0) is 34.2 Å². The molecule has 0 aromatic carbocycles. The van der Waals surface area contributed by atoms with Crippen molar-refractivity contribution in [1.82, 2.24) is 0 Å². The highest BCUT2D eigenvalue weighted by Crippen LogP contribution is 2.16. The second kappa shape index (κ2) is 2.33. The third kappa shape index (κ3) is 2.01. The molecule has 0 N–H and O–H groups in total. The minimum Gasteiger partial charge on any atom is -0.268 e. The molecule has 1 aliphatic heterocycles. The highest BCUT2D eigenvalue weighted by atomic mass is 32.2. The zero-order valence-electron chi connectivity index (χ0n) is 5.93. The summed E-state index contributed by atoms with van der Waals surface area (Å²) in [5, 5.41) is 0. The fourth-order valence-corrected chi connectivity index (χ4v) is 3.44. The van der Waals surface area contributed by atoms with E-state index in [4.69, 9.17) is 0 Å². The standard InChI is InChI=1S/C7H14OS/c1-7-4-3-5-9(2,8)6-7/h7H,2-6H2,1H3. The Bertz CT molecular complexity index is 179. The zero-order chi connectivity index (χ0) is 6.91. The number of hydrogen-bond donors (Lipinski definition) is 0. The van der Waals surface area contributed by atoms with E-state index in [-0.39, 0.29) is 0 Å². The van der Waals surface area contributed by atoms with Crippen molar-refractivity contribution in [2.75, 3.05) is 11.5 Å². The van der Waals surface area contributed by atoms with Crippen molar-refractivity contribution in [2.24, 2.45) is 5.92 Å². The summed E-state index contributed by atoms with van der Waals surface area (Å²) in [6.45, 7) is 2.16. The molecule has 1 aliphatic rings. The molecule has 2 atom stereocenters. The molecule has 0 spiro atoms. The summed E-state index contributed by atoms with van der Waals surface area (Å²) in [4.78, 5) is 0. The van der Waals surface area contributed by atoms with E-state index >= 15 is 0 Å². The van der Waals surface area contributed by atoms with Crippen molar-refractivity contribution in [2.45, 2.75) is 19.8 Å². The maximum absolute atomic E-state index is 11.3. The maximum atomic E-state index is 11.3. The van der Waals surface area contributed by atoms with Gasteiger partial charge in [0.15, 0.2) is 0 Å². The van der Waals surface area contributed by atoms with E-state index in [9.17, 15) is 4.21 Å². The molecule has 1 saturated heterocycles. The largest absolute Gasteiger partial charge is 0.268 e. The van der Waals surface area contributed by atoms with Crippen molar-refractivity contribution >= 4 is 15.4 Å². The minimum absolute atomic E-state index is 0.642. The van der Waals surface area contributed by atoms with Crippen molar-refractivity contribution in [3.63, 3.8) is 0 Å². The van der Waals surface area contributed by atoms with Crippen molar-refractivity contribution in [1.29, 1.82) is 0 Å². The molecule has 1 nitrogen and oxygen atoms in total. The van der Waals surface area contributed by atoms with Crippen LogP contribution >= 0.6 is 0 Å². The average Bonchev–Trinajstić information content (AvgIpc) is 1.60. The topological polar surface area (TPSA) is 17.1 Å². The highest BCUT2D eigenvalue weighted by molar-refractivity contribution is 8.00.